The molecule has 0 heterocycles. The number of anilines is 1. The van der Waals surface area contributed by atoms with Gasteiger partial charge in [-0.15, -0.1) is 0 Å². The van der Waals surface area contributed by atoms with Crippen molar-refractivity contribution in [1.29, 1.82) is 5.26 Å². The van der Waals surface area contributed by atoms with Crippen LogP contribution in [0.1, 0.15) is 11.1 Å². The number of benzene rings is 3. The first-order valence-electron chi connectivity index (χ1n) is 9.02. The van der Waals surface area contributed by atoms with Crippen LogP contribution in [0.15, 0.2) is 69.1 Å². The van der Waals surface area contributed by atoms with Crippen LogP contribution in [-0.4, -0.2) is 5.91 Å². The van der Waals surface area contributed by atoms with Crippen molar-refractivity contribution < 1.29 is 9.53 Å². The minimum absolute atomic E-state index is 0.0784. The molecule has 0 aliphatic heterocycles. The molecule has 4 nitrogen and oxygen atoms in total. The van der Waals surface area contributed by atoms with E-state index in [0.717, 1.165) is 5.56 Å². The van der Waals surface area contributed by atoms with Gasteiger partial charge in [-0.25, -0.2) is 0 Å². The fourth-order valence-corrected chi connectivity index (χ4v) is 4.75. The van der Waals surface area contributed by atoms with Gasteiger partial charge in [0, 0.05) is 15.6 Å². The Morgan fingerprint density at radius 3 is 2.34 bits per heavy atom. The first-order valence-corrected chi connectivity index (χ1v) is 11.7. The number of hydrogen-bond donors (Lipinski definition) is 1. The summed E-state index contributed by atoms with van der Waals surface area (Å²) in [6.45, 7) is 0.228. The molecule has 3 aromatic carbocycles. The van der Waals surface area contributed by atoms with Gasteiger partial charge in [0.25, 0.3) is 5.91 Å². The molecule has 162 valence electrons. The number of para-hydroxylation sites is 1. The zero-order valence-electron chi connectivity index (χ0n) is 16.1. The SMILES string of the molecule is N#C/C(=C\c1cc(Br)c(OCc2ccc(Cl)cc2Cl)c(Br)c1)C(=O)Nc1ccccc1Cl. The lowest BCUT2D eigenvalue weighted by Crippen LogP contribution is -2.13. The third-order valence-corrected chi connectivity index (χ3v) is 6.30. The number of rotatable bonds is 6. The van der Waals surface area contributed by atoms with Crippen LogP contribution in [0, 0.1) is 11.3 Å². The van der Waals surface area contributed by atoms with E-state index in [0.29, 0.717) is 41.0 Å². The highest BCUT2D eigenvalue weighted by Crippen LogP contribution is 2.36. The van der Waals surface area contributed by atoms with Crippen LogP contribution in [0.2, 0.25) is 15.1 Å². The van der Waals surface area contributed by atoms with Gasteiger partial charge in [-0.2, -0.15) is 5.26 Å². The number of carbonyl (C=O) groups is 1. The lowest BCUT2D eigenvalue weighted by molar-refractivity contribution is -0.112. The highest BCUT2D eigenvalue weighted by Gasteiger charge is 2.14. The average molecular weight is 616 g/mol. The van der Waals surface area contributed by atoms with Gasteiger partial charge in [0.05, 0.1) is 19.7 Å². The summed E-state index contributed by atoms with van der Waals surface area (Å²) < 4.78 is 7.16. The van der Waals surface area contributed by atoms with E-state index in [4.69, 9.17) is 39.5 Å². The molecule has 1 amide bonds. The highest BCUT2D eigenvalue weighted by atomic mass is 79.9. The maximum Gasteiger partial charge on any atom is 0.266 e. The van der Waals surface area contributed by atoms with Crippen LogP contribution in [-0.2, 0) is 11.4 Å². The van der Waals surface area contributed by atoms with E-state index in [9.17, 15) is 10.1 Å². The molecular weight excluding hydrogens is 602 g/mol. The topological polar surface area (TPSA) is 62.1 Å². The van der Waals surface area contributed by atoms with Crippen molar-refractivity contribution in [2.24, 2.45) is 0 Å². The maximum absolute atomic E-state index is 12.5. The van der Waals surface area contributed by atoms with Gasteiger partial charge in [-0.3, -0.25) is 4.79 Å². The number of nitriles is 1. The van der Waals surface area contributed by atoms with E-state index in [1.807, 2.05) is 6.07 Å². The normalized spacial score (nSPS) is 11.1. The second-order valence-electron chi connectivity index (χ2n) is 6.44. The first-order chi connectivity index (χ1) is 15.3. The molecule has 9 heteroatoms. The number of nitrogens with zero attached hydrogens (tertiary/aromatic N) is 1. The molecule has 0 unspecified atom stereocenters. The Morgan fingerprint density at radius 2 is 1.72 bits per heavy atom. The Kier molecular flexibility index (Phi) is 8.64. The summed E-state index contributed by atoms with van der Waals surface area (Å²) in [5.41, 5.74) is 1.74. The van der Waals surface area contributed by atoms with Crippen molar-refractivity contribution >= 4 is 84.3 Å². The van der Waals surface area contributed by atoms with Crippen LogP contribution in [0.25, 0.3) is 6.08 Å². The predicted molar refractivity (Wildman–Crippen MR) is 136 cm³/mol. The van der Waals surface area contributed by atoms with Gasteiger partial charge in [-0.05, 0) is 79.9 Å². The molecule has 0 aliphatic rings. The minimum atomic E-state index is -0.564. The first kappa shape index (κ1) is 24.6. The summed E-state index contributed by atoms with van der Waals surface area (Å²) >= 11 is 25.1. The number of hydrogen-bond acceptors (Lipinski definition) is 3. The van der Waals surface area contributed by atoms with Crippen molar-refractivity contribution in [3.05, 3.63) is 95.3 Å². The van der Waals surface area contributed by atoms with Crippen molar-refractivity contribution in [1.82, 2.24) is 0 Å². The second kappa shape index (κ2) is 11.2. The fraction of sp³-hybridized carbons (Fsp3) is 0.0435. The average Bonchev–Trinajstić information content (AvgIpc) is 2.74. The molecular formula is C23H13Br2Cl3N2O2. The number of amides is 1. The Bertz CT molecular complexity index is 1230. The summed E-state index contributed by atoms with van der Waals surface area (Å²) in [7, 11) is 0. The Labute approximate surface area is 217 Å². The van der Waals surface area contributed by atoms with Crippen molar-refractivity contribution in [2.45, 2.75) is 6.61 Å². The van der Waals surface area contributed by atoms with Gasteiger partial charge in [0.1, 0.15) is 24.0 Å². The van der Waals surface area contributed by atoms with E-state index < -0.39 is 5.91 Å². The number of carbonyl (C=O) groups excluding carboxylic acids is 1. The van der Waals surface area contributed by atoms with E-state index in [1.54, 1.807) is 54.6 Å². The molecule has 0 aromatic heterocycles. The van der Waals surface area contributed by atoms with E-state index >= 15 is 0 Å². The number of nitrogens with one attached hydrogen (secondary N) is 1. The molecule has 0 bridgehead atoms. The molecule has 0 saturated heterocycles. The molecule has 0 radical (unpaired) electrons. The fourth-order valence-electron chi connectivity index (χ4n) is 2.66. The number of ether oxygens (including phenoxy) is 1. The molecule has 0 atom stereocenters. The predicted octanol–water partition coefficient (Wildman–Crippen LogP) is 8.30. The van der Waals surface area contributed by atoms with E-state index in [1.165, 1.54) is 6.08 Å². The quantitative estimate of drug-likeness (QED) is 0.224. The van der Waals surface area contributed by atoms with Gasteiger partial charge in [0.15, 0.2) is 0 Å². The summed E-state index contributed by atoms with van der Waals surface area (Å²) in [6.07, 6.45) is 1.47. The lowest BCUT2D eigenvalue weighted by atomic mass is 10.1. The van der Waals surface area contributed by atoms with Crippen LogP contribution < -0.4 is 10.1 Å². The highest BCUT2D eigenvalue weighted by molar-refractivity contribution is 9.11. The zero-order chi connectivity index (χ0) is 23.3. The van der Waals surface area contributed by atoms with Crippen LogP contribution >= 0.6 is 66.7 Å². The monoisotopic (exact) mass is 612 g/mol. The van der Waals surface area contributed by atoms with E-state index in [-0.39, 0.29) is 12.2 Å². The Morgan fingerprint density at radius 1 is 1.03 bits per heavy atom. The number of halogens is 5. The van der Waals surface area contributed by atoms with Crippen molar-refractivity contribution in [2.75, 3.05) is 5.32 Å². The van der Waals surface area contributed by atoms with Gasteiger partial charge in [0.2, 0.25) is 0 Å². The minimum Gasteiger partial charge on any atom is -0.486 e. The smallest absolute Gasteiger partial charge is 0.266 e. The molecule has 3 aromatic rings. The second-order valence-corrected chi connectivity index (χ2v) is 9.40. The summed E-state index contributed by atoms with van der Waals surface area (Å²) in [4.78, 5) is 12.5. The summed E-state index contributed by atoms with van der Waals surface area (Å²) in [5.74, 6) is -0.0160. The molecule has 0 aliphatic carbocycles. The van der Waals surface area contributed by atoms with Gasteiger partial charge < -0.3 is 10.1 Å². The molecule has 3 rings (SSSR count). The third-order valence-electron chi connectivity index (χ3n) is 4.21. The van der Waals surface area contributed by atoms with Gasteiger partial charge >= 0.3 is 0 Å². The molecule has 0 spiro atoms. The Hall–Kier alpha value is -2.01. The third kappa shape index (κ3) is 6.28. The molecule has 1 N–H and O–H groups in total. The molecule has 0 saturated carbocycles. The molecule has 0 fully saturated rings. The van der Waals surface area contributed by atoms with Crippen LogP contribution in [0.5, 0.6) is 5.75 Å². The maximum atomic E-state index is 12.5. The summed E-state index contributed by atoms with van der Waals surface area (Å²) in [6, 6.07) is 17.4. The van der Waals surface area contributed by atoms with E-state index in [2.05, 4.69) is 37.2 Å². The van der Waals surface area contributed by atoms with Crippen LogP contribution in [0.4, 0.5) is 5.69 Å². The Balaban J connectivity index is 1.79. The zero-order valence-corrected chi connectivity index (χ0v) is 21.6. The largest absolute Gasteiger partial charge is 0.486 e. The lowest BCUT2D eigenvalue weighted by Gasteiger charge is -2.13. The molecule has 32 heavy (non-hydrogen) atoms. The van der Waals surface area contributed by atoms with Crippen molar-refractivity contribution in [3.63, 3.8) is 0 Å². The summed E-state index contributed by atoms with van der Waals surface area (Å²) in [5, 5.41) is 13.5. The van der Waals surface area contributed by atoms with Gasteiger partial charge in [-0.1, -0.05) is 53.0 Å². The van der Waals surface area contributed by atoms with Crippen molar-refractivity contribution in [3.8, 4) is 11.8 Å². The standard InChI is InChI=1S/C23H13Br2Cl3N2O2/c24-17-8-13(7-15(11-29)23(31)30-21-4-2-1-3-19(21)27)9-18(25)22(17)32-12-14-5-6-16(26)10-20(14)28/h1-10H,12H2,(H,30,31)/b15-7+. The van der Waals surface area contributed by atoms with Crippen LogP contribution in [0.3, 0.4) is 0 Å².